The number of ether oxygens (including phenoxy) is 1. The van der Waals surface area contributed by atoms with E-state index < -0.39 is 42.2 Å². The monoisotopic (exact) mass is 423 g/mol. The topological polar surface area (TPSA) is 215 Å². The van der Waals surface area contributed by atoms with Crippen molar-refractivity contribution in [3.05, 3.63) is 34.1 Å². The summed E-state index contributed by atoms with van der Waals surface area (Å²) in [5.41, 5.74) is 0.709. The Hall–Kier alpha value is -3.24. The van der Waals surface area contributed by atoms with Gasteiger partial charge in [0.1, 0.15) is 30.0 Å². The van der Waals surface area contributed by atoms with Gasteiger partial charge in [0.25, 0.3) is 0 Å². The molecule has 0 amide bonds. The van der Waals surface area contributed by atoms with Gasteiger partial charge in [-0.25, -0.2) is 9.31 Å². The number of rotatable bonds is 6. The van der Waals surface area contributed by atoms with Crippen LogP contribution in [0.1, 0.15) is 11.7 Å². The van der Waals surface area contributed by atoms with Crippen LogP contribution in [0.4, 0.5) is 11.4 Å². The van der Waals surface area contributed by atoms with E-state index in [2.05, 4.69) is 30.6 Å². The van der Waals surface area contributed by atoms with Crippen molar-refractivity contribution in [2.45, 2.75) is 37.2 Å². The van der Waals surface area contributed by atoms with E-state index >= 15 is 0 Å². The summed E-state index contributed by atoms with van der Waals surface area (Å²) in [5.74, 6) is 0. The molecule has 2 aromatic heterocycles. The molecule has 1 unspecified atom stereocenters. The van der Waals surface area contributed by atoms with Gasteiger partial charge in [-0.1, -0.05) is 5.21 Å². The second-order valence-corrected chi connectivity index (χ2v) is 6.61. The van der Waals surface area contributed by atoms with E-state index in [1.54, 1.807) is 0 Å². The number of aromatic nitrogens is 5. The third-order valence-corrected chi connectivity index (χ3v) is 4.78. The van der Waals surface area contributed by atoms with Crippen LogP contribution in [-0.2, 0) is 11.3 Å². The molecule has 15 heteroatoms. The van der Waals surface area contributed by atoms with E-state index in [-0.39, 0.29) is 23.3 Å². The highest BCUT2D eigenvalue weighted by Crippen LogP contribution is 2.30. The molecular weight excluding hydrogens is 406 g/mol. The van der Waals surface area contributed by atoms with E-state index in [1.807, 2.05) is 0 Å². The molecule has 3 heterocycles. The first-order chi connectivity index (χ1) is 14.4. The number of aliphatic hydroxyl groups is 4. The summed E-state index contributed by atoms with van der Waals surface area (Å²) in [7, 11) is 0. The first kappa shape index (κ1) is 20.0. The third-order valence-electron chi connectivity index (χ3n) is 4.78. The van der Waals surface area contributed by atoms with E-state index in [4.69, 9.17) is 9.84 Å². The normalized spacial score (nSPS) is 26.7. The molecule has 5 N–H and O–H groups in total. The van der Waals surface area contributed by atoms with Crippen LogP contribution in [-0.4, -0.2) is 81.9 Å². The Kier molecular flexibility index (Phi) is 5.27. The molecule has 0 bridgehead atoms. The van der Waals surface area contributed by atoms with Crippen molar-refractivity contribution < 1.29 is 34.7 Å². The summed E-state index contributed by atoms with van der Waals surface area (Å²) in [4.78, 5) is 10.4. The lowest BCUT2D eigenvalue weighted by Crippen LogP contribution is -2.56. The van der Waals surface area contributed by atoms with Gasteiger partial charge in [0.2, 0.25) is 5.52 Å². The smallest absolute Gasteiger partial charge is 0.300 e. The van der Waals surface area contributed by atoms with Gasteiger partial charge in [-0.15, -0.1) is 5.10 Å². The Morgan fingerprint density at radius 1 is 1.20 bits per heavy atom. The van der Waals surface area contributed by atoms with Crippen LogP contribution in [0, 0.1) is 10.1 Å². The van der Waals surface area contributed by atoms with Crippen molar-refractivity contribution in [1.82, 2.24) is 25.3 Å². The number of nitro benzene ring substituents is 1. The standard InChI is InChI=1S/C15H17N7O8/c23-5-9-13(24)14(25)12(15(26)29-9)21-4-6(17-20-21)3-16-7-1-2-8(22(27)28)11-10(7)18-30-19-11/h1-2,4,9,12-16,23-26H,3,5H2/t9-,12-,13-,14-,15?/m1/s1. The largest absolute Gasteiger partial charge is 0.394 e. The SMILES string of the molecule is O=[N+]([O-])c1ccc(NCc2cn([C@H]3C(O)O[C@H](CO)[C@@H](O)[C@@H]3O)nn2)c2nonc12. The van der Waals surface area contributed by atoms with Gasteiger partial charge in [0.15, 0.2) is 11.8 Å². The number of benzene rings is 1. The fourth-order valence-electron chi connectivity index (χ4n) is 3.24. The maximum atomic E-state index is 11.0. The molecule has 1 saturated heterocycles. The van der Waals surface area contributed by atoms with Crippen LogP contribution >= 0.6 is 0 Å². The lowest BCUT2D eigenvalue weighted by atomic mass is 9.97. The molecule has 0 spiro atoms. The van der Waals surface area contributed by atoms with Crippen LogP contribution in [0.25, 0.3) is 11.0 Å². The number of nitro groups is 1. The summed E-state index contributed by atoms with van der Waals surface area (Å²) >= 11 is 0. The van der Waals surface area contributed by atoms with E-state index in [0.717, 1.165) is 4.68 Å². The molecule has 0 radical (unpaired) electrons. The van der Waals surface area contributed by atoms with E-state index in [9.17, 15) is 25.4 Å². The maximum Gasteiger partial charge on any atom is 0.300 e. The minimum Gasteiger partial charge on any atom is -0.394 e. The molecule has 5 atom stereocenters. The van der Waals surface area contributed by atoms with Gasteiger partial charge >= 0.3 is 5.69 Å². The van der Waals surface area contributed by atoms with Crippen molar-refractivity contribution in [2.75, 3.05) is 11.9 Å². The van der Waals surface area contributed by atoms with Crippen LogP contribution in [0.5, 0.6) is 0 Å². The summed E-state index contributed by atoms with van der Waals surface area (Å²) in [5, 5.41) is 68.5. The van der Waals surface area contributed by atoms with Crippen molar-refractivity contribution in [1.29, 1.82) is 0 Å². The van der Waals surface area contributed by atoms with Gasteiger partial charge in [-0.2, -0.15) is 0 Å². The number of hydrogen-bond donors (Lipinski definition) is 5. The van der Waals surface area contributed by atoms with Gasteiger partial charge in [0.05, 0.1) is 30.0 Å². The lowest BCUT2D eigenvalue weighted by molar-refractivity contribution is -0.383. The number of non-ortho nitro benzene ring substituents is 1. The van der Waals surface area contributed by atoms with Gasteiger partial charge in [-0.3, -0.25) is 10.1 Å². The second kappa shape index (κ2) is 7.88. The number of nitrogens with one attached hydrogen (secondary N) is 1. The van der Waals surface area contributed by atoms with Crippen molar-refractivity contribution >= 4 is 22.4 Å². The number of aliphatic hydroxyl groups excluding tert-OH is 4. The Morgan fingerprint density at radius 2 is 1.97 bits per heavy atom. The number of hydrogen-bond acceptors (Lipinski definition) is 13. The Balaban J connectivity index is 1.50. The second-order valence-electron chi connectivity index (χ2n) is 6.61. The van der Waals surface area contributed by atoms with Crippen molar-refractivity contribution in [2.24, 2.45) is 0 Å². The molecule has 1 fully saturated rings. The van der Waals surface area contributed by atoms with Crippen molar-refractivity contribution in [3.63, 3.8) is 0 Å². The number of anilines is 1. The molecular formula is C15H17N7O8. The first-order valence-corrected chi connectivity index (χ1v) is 8.75. The Labute approximate surface area is 166 Å². The molecule has 1 aromatic carbocycles. The molecule has 4 rings (SSSR count). The number of fused-ring (bicyclic) bond motifs is 1. The molecule has 3 aromatic rings. The first-order valence-electron chi connectivity index (χ1n) is 8.75. The zero-order valence-electron chi connectivity index (χ0n) is 15.1. The number of nitrogens with zero attached hydrogens (tertiary/aromatic N) is 6. The average Bonchev–Trinajstić information content (AvgIpc) is 3.38. The average molecular weight is 423 g/mol. The molecule has 15 nitrogen and oxygen atoms in total. The van der Waals surface area contributed by atoms with Gasteiger partial charge in [-0.05, 0) is 16.4 Å². The van der Waals surface area contributed by atoms with Crippen LogP contribution in [0.2, 0.25) is 0 Å². The minimum absolute atomic E-state index is 0.00771. The molecule has 1 aliphatic heterocycles. The maximum absolute atomic E-state index is 11.0. The van der Waals surface area contributed by atoms with Crippen LogP contribution in [0.3, 0.4) is 0 Å². The van der Waals surface area contributed by atoms with E-state index in [0.29, 0.717) is 11.4 Å². The predicted molar refractivity (Wildman–Crippen MR) is 94.8 cm³/mol. The van der Waals surface area contributed by atoms with E-state index in [1.165, 1.54) is 18.3 Å². The van der Waals surface area contributed by atoms with Crippen molar-refractivity contribution in [3.8, 4) is 0 Å². The fraction of sp³-hybridized carbons (Fsp3) is 0.467. The highest BCUT2D eigenvalue weighted by atomic mass is 16.6. The predicted octanol–water partition coefficient (Wildman–Crippen LogP) is -1.69. The molecule has 1 aliphatic rings. The highest BCUT2D eigenvalue weighted by molar-refractivity contribution is 5.93. The summed E-state index contributed by atoms with van der Waals surface area (Å²) < 4.78 is 10.8. The molecule has 0 aliphatic carbocycles. The third kappa shape index (κ3) is 3.44. The summed E-state index contributed by atoms with van der Waals surface area (Å²) in [6, 6.07) is 1.56. The molecule has 30 heavy (non-hydrogen) atoms. The fourth-order valence-corrected chi connectivity index (χ4v) is 3.24. The summed E-state index contributed by atoms with van der Waals surface area (Å²) in [6.07, 6.45) is -4.12. The molecule has 160 valence electrons. The minimum atomic E-state index is -1.53. The highest BCUT2D eigenvalue weighted by Gasteiger charge is 2.45. The zero-order chi connectivity index (χ0) is 21.4. The zero-order valence-corrected chi connectivity index (χ0v) is 15.1. The Bertz CT molecular complexity index is 1050. The Morgan fingerprint density at radius 3 is 2.70 bits per heavy atom. The lowest BCUT2D eigenvalue weighted by Gasteiger charge is -2.39. The van der Waals surface area contributed by atoms with Crippen LogP contribution < -0.4 is 5.32 Å². The molecule has 0 saturated carbocycles. The summed E-state index contributed by atoms with van der Waals surface area (Å²) in [6.45, 7) is -0.462. The van der Waals surface area contributed by atoms with Gasteiger partial charge < -0.3 is 30.5 Å². The quantitative estimate of drug-likeness (QED) is 0.221. The van der Waals surface area contributed by atoms with Crippen LogP contribution in [0.15, 0.2) is 23.0 Å². The van der Waals surface area contributed by atoms with Gasteiger partial charge in [0, 0.05) is 6.07 Å².